The van der Waals surface area contributed by atoms with Crippen molar-refractivity contribution in [1.29, 1.82) is 0 Å². The molecule has 0 radical (unpaired) electrons. The number of hydrogen-bond acceptors (Lipinski definition) is 1. The fraction of sp³-hybridized carbons (Fsp3) is 0.519. The Hall–Kier alpha value is -5.27. The first kappa shape index (κ1) is 69.2. The van der Waals surface area contributed by atoms with E-state index in [1.54, 1.807) is 0 Å². The van der Waals surface area contributed by atoms with Gasteiger partial charge in [-0.2, -0.15) is 0 Å². The fourth-order valence-corrected chi connectivity index (χ4v) is 11.7. The quantitative estimate of drug-likeness (QED) is 0.0336. The molecule has 82 heavy (non-hydrogen) atoms. The summed E-state index contributed by atoms with van der Waals surface area (Å²) in [6, 6.07) is 23.0. The largest absolute Gasteiger partial charge is 0.247 e. The second-order valence-corrected chi connectivity index (χ2v) is 26.7. The van der Waals surface area contributed by atoms with Gasteiger partial charge in [0.25, 0.3) is 0 Å². The van der Waals surface area contributed by atoms with Crippen LogP contribution in [0.2, 0.25) is 0 Å². The summed E-state index contributed by atoms with van der Waals surface area (Å²) in [6.45, 7) is 51.8. The molecule has 0 bridgehead atoms. The lowest BCUT2D eigenvalue weighted by molar-refractivity contribution is 0.425. The highest BCUT2D eigenvalue weighted by Gasteiger charge is 2.24. The Morgan fingerprint density at radius 1 is 0.659 bits per heavy atom. The molecule has 1 aliphatic carbocycles. The Morgan fingerprint density at radius 3 is 1.85 bits per heavy atom. The highest BCUT2D eigenvalue weighted by molar-refractivity contribution is 6.16. The van der Waals surface area contributed by atoms with Gasteiger partial charge < -0.3 is 0 Å². The van der Waals surface area contributed by atoms with Crippen molar-refractivity contribution in [3.63, 3.8) is 0 Å². The van der Waals surface area contributed by atoms with Gasteiger partial charge in [-0.25, -0.2) is 4.99 Å². The third kappa shape index (κ3) is 20.8. The molecule has 0 saturated heterocycles. The first-order valence-corrected chi connectivity index (χ1v) is 32.9. The van der Waals surface area contributed by atoms with Crippen molar-refractivity contribution in [3.8, 4) is 0 Å². The van der Waals surface area contributed by atoms with Crippen molar-refractivity contribution < 1.29 is 0 Å². The number of rotatable bonds is 32. The molecule has 3 unspecified atom stereocenters. The van der Waals surface area contributed by atoms with Crippen molar-refractivity contribution in [3.05, 3.63) is 195 Å². The molecule has 3 atom stereocenters. The van der Waals surface area contributed by atoms with Crippen LogP contribution in [0, 0.1) is 29.6 Å². The van der Waals surface area contributed by atoms with Crippen LogP contribution in [0.4, 0.5) is 5.69 Å². The fourth-order valence-electron chi connectivity index (χ4n) is 11.7. The van der Waals surface area contributed by atoms with E-state index < -0.39 is 0 Å². The lowest BCUT2D eigenvalue weighted by Gasteiger charge is -2.25. The first-order chi connectivity index (χ1) is 39.0. The smallest absolute Gasteiger partial charge is 0.0781 e. The number of allylic oxidation sites excluding steroid dienone is 18. The maximum Gasteiger partial charge on any atom is 0.0781 e. The van der Waals surface area contributed by atoms with Crippen molar-refractivity contribution in [1.82, 2.24) is 0 Å². The average Bonchev–Trinajstić information content (AvgIpc) is 2.86. The van der Waals surface area contributed by atoms with E-state index in [1.807, 2.05) is 0 Å². The Balaban J connectivity index is 2.13. The van der Waals surface area contributed by atoms with E-state index in [0.717, 1.165) is 78.6 Å². The molecule has 4 rings (SSSR count). The molecule has 0 fully saturated rings. The van der Waals surface area contributed by atoms with E-state index in [9.17, 15) is 0 Å². The van der Waals surface area contributed by atoms with Crippen LogP contribution in [0.25, 0.3) is 22.3 Å². The molecule has 0 spiro atoms. The van der Waals surface area contributed by atoms with Gasteiger partial charge >= 0.3 is 0 Å². The van der Waals surface area contributed by atoms with Gasteiger partial charge in [-0.05, 0) is 181 Å². The maximum absolute atomic E-state index is 5.98. The summed E-state index contributed by atoms with van der Waals surface area (Å²) in [5, 5.41) is 0. The van der Waals surface area contributed by atoms with E-state index in [-0.39, 0.29) is 10.8 Å². The summed E-state index contributed by atoms with van der Waals surface area (Å²) < 4.78 is 0. The number of benzene rings is 3. The topological polar surface area (TPSA) is 12.4 Å². The molecular weight excluding hydrogens is 987 g/mol. The van der Waals surface area contributed by atoms with Crippen LogP contribution >= 0.6 is 0 Å². The summed E-state index contributed by atoms with van der Waals surface area (Å²) in [6.07, 6.45) is 41.6. The third-order valence-electron chi connectivity index (χ3n) is 18.0. The van der Waals surface area contributed by atoms with Crippen molar-refractivity contribution in [2.45, 2.75) is 253 Å². The predicted molar refractivity (Wildman–Crippen MR) is 372 cm³/mol. The molecule has 446 valence electrons. The normalized spacial score (nSPS) is 16.3. The summed E-state index contributed by atoms with van der Waals surface area (Å²) >= 11 is 0. The second kappa shape index (κ2) is 34.5. The standard InChI is InChI=1S/C81H117N/c1-21-26-30-31-32-36-39-59(7)62(10)77-57-70(50-52-75(77)60(8)47-51-73(25-5)81(18,19)20)63(11)69(43-34-27-22-2)56-72(40-29-24-4)76-54-53-74(61(9)55-71(44-35-28-23-3)66(14)80(15,16)17)65(13)79(76)82-78(68-41-37-33-38-42-68)64(12)67-48-45-58(6)46-49-67/h25,33,37-38,41-42,45,47-59,62H,8,12,21-24,26-32,34-36,39-40,43-44,46H2,1-7,9-11,13-20H3/b51-47-,61-55+,69-63+,71-66+,72-56+,73-25?,82-78?. The maximum atomic E-state index is 5.98. The van der Waals surface area contributed by atoms with E-state index in [4.69, 9.17) is 18.2 Å². The summed E-state index contributed by atoms with van der Waals surface area (Å²) in [5.74, 6) is 1.43. The molecule has 0 amide bonds. The predicted octanol–water partition coefficient (Wildman–Crippen LogP) is 26.2. The van der Waals surface area contributed by atoms with Gasteiger partial charge in [0, 0.05) is 16.7 Å². The zero-order chi connectivity index (χ0) is 60.6. The summed E-state index contributed by atoms with van der Waals surface area (Å²) in [4.78, 5) is 5.98. The third-order valence-corrected chi connectivity index (χ3v) is 18.0. The highest BCUT2D eigenvalue weighted by atomic mass is 14.8. The average molecular weight is 1100 g/mol. The van der Waals surface area contributed by atoms with Gasteiger partial charge in [0.15, 0.2) is 0 Å². The van der Waals surface area contributed by atoms with Crippen LogP contribution < -0.4 is 0 Å². The Bertz CT molecular complexity index is 2830. The minimum absolute atomic E-state index is 0.0585. The minimum atomic E-state index is 0.0585. The molecule has 3 aromatic rings. The number of unbranched alkanes of at least 4 members (excludes halogenated alkanes) is 10. The number of nitrogens with zero attached hydrogens (tertiary/aromatic N) is 1. The lowest BCUT2D eigenvalue weighted by Crippen LogP contribution is -2.10. The molecule has 0 aliphatic heterocycles. The molecule has 0 N–H and O–H groups in total. The summed E-state index contributed by atoms with van der Waals surface area (Å²) in [5.41, 5.74) is 23.9. The van der Waals surface area contributed by atoms with Crippen molar-refractivity contribution in [2.24, 2.45) is 27.7 Å². The molecule has 3 aromatic carbocycles. The molecule has 0 aromatic heterocycles. The first-order valence-electron chi connectivity index (χ1n) is 32.9. The molecule has 1 aliphatic rings. The Labute approximate surface area is 506 Å². The summed E-state index contributed by atoms with van der Waals surface area (Å²) in [7, 11) is 0. The van der Waals surface area contributed by atoms with Gasteiger partial charge in [0.2, 0.25) is 0 Å². The zero-order valence-electron chi connectivity index (χ0n) is 55.9. The molecule has 0 heterocycles. The number of aliphatic imine (C=N–C) groups is 1. The van der Waals surface area contributed by atoms with E-state index in [1.165, 1.54) is 149 Å². The Kier molecular flexibility index (Phi) is 29.1. The molecule has 1 heteroatoms. The van der Waals surface area contributed by atoms with Crippen LogP contribution in [0.1, 0.15) is 285 Å². The molecular formula is C81H117N. The van der Waals surface area contributed by atoms with Crippen LogP contribution in [0.3, 0.4) is 0 Å². The monoisotopic (exact) mass is 1100 g/mol. The zero-order valence-corrected chi connectivity index (χ0v) is 55.9. The highest BCUT2D eigenvalue weighted by Crippen LogP contribution is 2.43. The van der Waals surface area contributed by atoms with Crippen LogP contribution in [0.5, 0.6) is 0 Å². The second-order valence-electron chi connectivity index (χ2n) is 26.7. The minimum Gasteiger partial charge on any atom is -0.247 e. The Morgan fingerprint density at radius 2 is 1.26 bits per heavy atom. The van der Waals surface area contributed by atoms with Gasteiger partial charge in [-0.1, -0.05) is 295 Å². The van der Waals surface area contributed by atoms with Crippen molar-refractivity contribution >= 4 is 33.7 Å². The van der Waals surface area contributed by atoms with Gasteiger partial charge in [0.05, 0.1) is 11.4 Å². The lowest BCUT2D eigenvalue weighted by atomic mass is 9.80. The van der Waals surface area contributed by atoms with E-state index in [0.29, 0.717) is 17.8 Å². The SMILES string of the molecule is C=C(C1=CCC(C)C=C1)C(=Nc1c(/C(=C/C(CCCCC)=C(\C)c2ccc(C(=C)/C=C\C(=CC)C(C)(C)C)c(C(C)C(C)CCCCCCCC)c2)CCCC)ccc(/C(C)=C/C(CCCCC)=C(\C)C(C)(C)C)c1C)c1ccccc1. The van der Waals surface area contributed by atoms with Crippen LogP contribution in [-0.4, -0.2) is 5.71 Å². The van der Waals surface area contributed by atoms with E-state index in [2.05, 4.69) is 234 Å². The van der Waals surface area contributed by atoms with Crippen molar-refractivity contribution in [2.75, 3.05) is 0 Å². The van der Waals surface area contributed by atoms with E-state index >= 15 is 0 Å². The van der Waals surface area contributed by atoms with Crippen LogP contribution in [-0.2, 0) is 0 Å². The van der Waals surface area contributed by atoms with Gasteiger partial charge in [-0.3, -0.25) is 0 Å². The van der Waals surface area contributed by atoms with Gasteiger partial charge in [0.1, 0.15) is 0 Å². The van der Waals surface area contributed by atoms with Gasteiger partial charge in [-0.15, -0.1) is 0 Å². The van der Waals surface area contributed by atoms with Crippen LogP contribution in [0.15, 0.2) is 161 Å². The number of hydrogen-bond donors (Lipinski definition) is 0. The molecule has 0 saturated carbocycles. The molecule has 1 nitrogen and oxygen atoms in total.